The number of amides is 1. The van der Waals surface area contributed by atoms with E-state index in [9.17, 15) is 9.59 Å². The van der Waals surface area contributed by atoms with Crippen LogP contribution >= 0.6 is 15.9 Å². The predicted octanol–water partition coefficient (Wildman–Crippen LogP) is 3.64. The lowest BCUT2D eigenvalue weighted by atomic mass is 10.2. The topological polar surface area (TPSA) is 64.6 Å². The highest BCUT2D eigenvalue weighted by molar-refractivity contribution is 9.10. The Morgan fingerprint density at radius 1 is 1.13 bits per heavy atom. The normalized spacial score (nSPS) is 11.4. The van der Waals surface area contributed by atoms with E-state index in [0.29, 0.717) is 17.0 Å². The maximum atomic E-state index is 12.1. The molecule has 1 amide bonds. The zero-order chi connectivity index (χ0) is 16.8. The van der Waals surface area contributed by atoms with Crippen molar-refractivity contribution in [3.8, 4) is 5.75 Å². The van der Waals surface area contributed by atoms with Crippen molar-refractivity contribution in [2.75, 3.05) is 12.4 Å². The first-order chi connectivity index (χ1) is 11.0. The van der Waals surface area contributed by atoms with Crippen LogP contribution in [0.25, 0.3) is 0 Å². The monoisotopic (exact) mass is 377 g/mol. The van der Waals surface area contributed by atoms with Gasteiger partial charge in [0, 0.05) is 10.2 Å². The Labute approximate surface area is 142 Å². The molecule has 2 aromatic rings. The highest BCUT2D eigenvalue weighted by Crippen LogP contribution is 2.17. The van der Waals surface area contributed by atoms with Gasteiger partial charge in [0.15, 0.2) is 6.10 Å². The minimum Gasteiger partial charge on any atom is -0.481 e. The fourth-order valence-electron chi connectivity index (χ4n) is 1.85. The summed E-state index contributed by atoms with van der Waals surface area (Å²) in [7, 11) is 1.31. The van der Waals surface area contributed by atoms with Crippen LogP contribution in [0.2, 0.25) is 0 Å². The van der Waals surface area contributed by atoms with Crippen molar-refractivity contribution in [2.45, 2.75) is 13.0 Å². The van der Waals surface area contributed by atoms with Crippen LogP contribution in [0.4, 0.5) is 5.69 Å². The summed E-state index contributed by atoms with van der Waals surface area (Å²) >= 11 is 3.33. The van der Waals surface area contributed by atoms with E-state index < -0.39 is 12.1 Å². The number of ether oxygens (including phenoxy) is 2. The second-order valence-electron chi connectivity index (χ2n) is 4.78. The van der Waals surface area contributed by atoms with Gasteiger partial charge in [-0.25, -0.2) is 4.79 Å². The van der Waals surface area contributed by atoms with Crippen molar-refractivity contribution in [1.29, 1.82) is 0 Å². The van der Waals surface area contributed by atoms with Gasteiger partial charge in [-0.05, 0) is 49.4 Å². The number of hydrogen-bond acceptors (Lipinski definition) is 4. The molecule has 0 spiro atoms. The molecule has 0 aliphatic heterocycles. The number of carbonyl (C=O) groups excluding carboxylic acids is 2. The average molecular weight is 378 g/mol. The summed E-state index contributed by atoms with van der Waals surface area (Å²) in [5, 5.41) is 2.76. The summed E-state index contributed by atoms with van der Waals surface area (Å²) < 4.78 is 11.2. The van der Waals surface area contributed by atoms with Crippen molar-refractivity contribution in [2.24, 2.45) is 0 Å². The van der Waals surface area contributed by atoms with Gasteiger partial charge in [0.05, 0.1) is 12.7 Å². The number of nitrogens with one attached hydrogen (secondary N) is 1. The molecule has 5 nitrogen and oxygen atoms in total. The average Bonchev–Trinajstić information content (AvgIpc) is 2.56. The van der Waals surface area contributed by atoms with Crippen LogP contribution in [-0.2, 0) is 9.53 Å². The lowest BCUT2D eigenvalue weighted by Gasteiger charge is -2.15. The molecule has 0 bridgehead atoms. The summed E-state index contributed by atoms with van der Waals surface area (Å²) in [6, 6.07) is 13.7. The first-order valence-electron chi connectivity index (χ1n) is 6.91. The molecule has 0 saturated carbocycles. The Kier molecular flexibility index (Phi) is 5.76. The molecule has 2 aromatic carbocycles. The summed E-state index contributed by atoms with van der Waals surface area (Å²) in [5.74, 6) is -0.315. The SMILES string of the molecule is COC(=O)c1cccc(O[C@@H](C)C(=O)Nc2ccc(Br)cc2)c1. The molecule has 0 saturated heterocycles. The highest BCUT2D eigenvalue weighted by atomic mass is 79.9. The van der Waals surface area contributed by atoms with Crippen LogP contribution in [0.3, 0.4) is 0 Å². The number of hydrogen-bond donors (Lipinski definition) is 1. The van der Waals surface area contributed by atoms with Crippen LogP contribution < -0.4 is 10.1 Å². The number of halogens is 1. The Bertz CT molecular complexity index is 700. The minimum absolute atomic E-state index is 0.282. The van der Waals surface area contributed by atoms with Gasteiger partial charge in [-0.1, -0.05) is 22.0 Å². The molecule has 120 valence electrons. The van der Waals surface area contributed by atoms with Gasteiger partial charge in [0.2, 0.25) is 0 Å². The van der Waals surface area contributed by atoms with E-state index in [2.05, 4.69) is 26.0 Å². The molecular formula is C17H16BrNO4. The van der Waals surface area contributed by atoms with E-state index in [1.807, 2.05) is 12.1 Å². The van der Waals surface area contributed by atoms with E-state index >= 15 is 0 Å². The third-order valence-corrected chi connectivity index (χ3v) is 3.58. The van der Waals surface area contributed by atoms with Gasteiger partial charge >= 0.3 is 5.97 Å². The standard InChI is InChI=1S/C17H16BrNO4/c1-11(16(20)19-14-8-6-13(18)7-9-14)23-15-5-3-4-12(10-15)17(21)22-2/h3-11H,1-2H3,(H,19,20)/t11-/m0/s1. The van der Waals surface area contributed by atoms with Gasteiger partial charge in [-0.2, -0.15) is 0 Å². The van der Waals surface area contributed by atoms with Crippen molar-refractivity contribution in [1.82, 2.24) is 0 Å². The van der Waals surface area contributed by atoms with Crippen molar-refractivity contribution < 1.29 is 19.1 Å². The van der Waals surface area contributed by atoms with Gasteiger partial charge in [0.1, 0.15) is 5.75 Å². The Hall–Kier alpha value is -2.34. The Balaban J connectivity index is 2.00. The van der Waals surface area contributed by atoms with Crippen LogP contribution in [0, 0.1) is 0 Å². The molecular weight excluding hydrogens is 362 g/mol. The summed E-state index contributed by atoms with van der Waals surface area (Å²) in [4.78, 5) is 23.6. The molecule has 23 heavy (non-hydrogen) atoms. The molecule has 0 unspecified atom stereocenters. The van der Waals surface area contributed by atoms with Crippen molar-refractivity contribution in [3.05, 3.63) is 58.6 Å². The first-order valence-corrected chi connectivity index (χ1v) is 7.70. The lowest BCUT2D eigenvalue weighted by molar-refractivity contribution is -0.122. The number of rotatable bonds is 5. The Morgan fingerprint density at radius 2 is 1.83 bits per heavy atom. The van der Waals surface area contributed by atoms with Gasteiger partial charge in [-0.15, -0.1) is 0 Å². The number of benzene rings is 2. The fraction of sp³-hybridized carbons (Fsp3) is 0.176. The molecule has 0 aliphatic rings. The van der Waals surface area contributed by atoms with E-state index in [1.165, 1.54) is 13.2 Å². The van der Waals surface area contributed by atoms with Crippen LogP contribution in [0.1, 0.15) is 17.3 Å². The second kappa shape index (κ2) is 7.78. The smallest absolute Gasteiger partial charge is 0.337 e. The van der Waals surface area contributed by atoms with E-state index in [0.717, 1.165) is 4.47 Å². The van der Waals surface area contributed by atoms with Crippen molar-refractivity contribution >= 4 is 33.5 Å². The number of esters is 1. The van der Waals surface area contributed by atoms with E-state index in [-0.39, 0.29) is 5.91 Å². The highest BCUT2D eigenvalue weighted by Gasteiger charge is 2.16. The molecule has 0 heterocycles. The third kappa shape index (κ3) is 4.82. The Morgan fingerprint density at radius 3 is 2.48 bits per heavy atom. The molecule has 2 rings (SSSR count). The zero-order valence-electron chi connectivity index (χ0n) is 12.7. The first kappa shape index (κ1) is 17.0. The lowest BCUT2D eigenvalue weighted by Crippen LogP contribution is -2.30. The molecule has 0 radical (unpaired) electrons. The predicted molar refractivity (Wildman–Crippen MR) is 90.6 cm³/mol. The third-order valence-electron chi connectivity index (χ3n) is 3.05. The van der Waals surface area contributed by atoms with E-state index in [4.69, 9.17) is 4.74 Å². The zero-order valence-corrected chi connectivity index (χ0v) is 14.3. The number of methoxy groups -OCH3 is 1. The van der Waals surface area contributed by atoms with Gasteiger partial charge in [-0.3, -0.25) is 4.79 Å². The quantitative estimate of drug-likeness (QED) is 0.807. The van der Waals surface area contributed by atoms with E-state index in [1.54, 1.807) is 37.3 Å². The van der Waals surface area contributed by atoms with Crippen LogP contribution in [0.5, 0.6) is 5.75 Å². The number of anilines is 1. The maximum absolute atomic E-state index is 12.1. The fourth-order valence-corrected chi connectivity index (χ4v) is 2.11. The molecule has 1 atom stereocenters. The number of carbonyl (C=O) groups is 2. The maximum Gasteiger partial charge on any atom is 0.337 e. The van der Waals surface area contributed by atoms with Crippen LogP contribution in [-0.4, -0.2) is 25.1 Å². The molecule has 0 aliphatic carbocycles. The van der Waals surface area contributed by atoms with Gasteiger partial charge in [0.25, 0.3) is 5.91 Å². The summed E-state index contributed by atoms with van der Waals surface area (Å²) in [5.41, 5.74) is 1.04. The molecule has 6 heteroatoms. The molecule has 0 aromatic heterocycles. The molecule has 0 fully saturated rings. The van der Waals surface area contributed by atoms with Crippen LogP contribution in [0.15, 0.2) is 53.0 Å². The largest absolute Gasteiger partial charge is 0.481 e. The summed E-state index contributed by atoms with van der Waals surface area (Å²) in [6.45, 7) is 1.64. The minimum atomic E-state index is -0.716. The van der Waals surface area contributed by atoms with Gasteiger partial charge < -0.3 is 14.8 Å². The summed E-state index contributed by atoms with van der Waals surface area (Å²) in [6.07, 6.45) is -0.716. The molecule has 1 N–H and O–H groups in total. The van der Waals surface area contributed by atoms with Crippen molar-refractivity contribution in [3.63, 3.8) is 0 Å². The second-order valence-corrected chi connectivity index (χ2v) is 5.69.